The third kappa shape index (κ3) is 3.45. The molecular weight excluding hydrogens is 232 g/mol. The van der Waals surface area contributed by atoms with E-state index in [1.165, 1.54) is 0 Å². The van der Waals surface area contributed by atoms with Crippen LogP contribution in [-0.4, -0.2) is 48.6 Å². The summed E-state index contributed by atoms with van der Waals surface area (Å²) in [5.74, 6) is 0.297. The highest BCUT2D eigenvalue weighted by Crippen LogP contribution is 2.15. The Kier molecular flexibility index (Phi) is 4.22. The van der Waals surface area contributed by atoms with Crippen LogP contribution in [0.15, 0.2) is 0 Å². The van der Waals surface area contributed by atoms with Gasteiger partial charge in [0.25, 0.3) is 5.91 Å². The smallest absolute Gasteiger partial charge is 0.252 e. The van der Waals surface area contributed by atoms with E-state index in [-0.39, 0.29) is 24.0 Å². The van der Waals surface area contributed by atoms with E-state index in [2.05, 4.69) is 19.2 Å². The standard InChI is InChI=1S/C13H22N2O3/c1-9(2)7-10(14-12(16)11-8-18-11)13(17)15-5-3-4-6-15/h9-11H,3-8H2,1-2H3,(H,14,16). The number of hydrogen-bond donors (Lipinski definition) is 1. The number of ether oxygens (including phenoxy) is 1. The first-order valence-corrected chi connectivity index (χ1v) is 6.78. The summed E-state index contributed by atoms with van der Waals surface area (Å²) in [6.45, 7) is 6.25. The molecule has 2 aliphatic heterocycles. The number of epoxide rings is 1. The Morgan fingerprint density at radius 3 is 2.44 bits per heavy atom. The van der Waals surface area contributed by atoms with Gasteiger partial charge < -0.3 is 15.0 Å². The lowest BCUT2D eigenvalue weighted by Gasteiger charge is -2.25. The zero-order chi connectivity index (χ0) is 13.1. The maximum Gasteiger partial charge on any atom is 0.252 e. The summed E-state index contributed by atoms with van der Waals surface area (Å²) in [6, 6.07) is -0.389. The van der Waals surface area contributed by atoms with Gasteiger partial charge in [0.2, 0.25) is 5.91 Å². The average molecular weight is 254 g/mol. The van der Waals surface area contributed by atoms with E-state index >= 15 is 0 Å². The summed E-state index contributed by atoms with van der Waals surface area (Å²) in [5, 5.41) is 2.83. The highest BCUT2D eigenvalue weighted by molar-refractivity contribution is 5.90. The fourth-order valence-corrected chi connectivity index (χ4v) is 2.31. The average Bonchev–Trinajstić information content (AvgIpc) is 3.03. The highest BCUT2D eigenvalue weighted by atomic mass is 16.6. The molecule has 0 aliphatic carbocycles. The molecule has 2 unspecified atom stereocenters. The van der Waals surface area contributed by atoms with Crippen LogP contribution in [0.25, 0.3) is 0 Å². The summed E-state index contributed by atoms with van der Waals surface area (Å²) >= 11 is 0. The lowest BCUT2D eigenvalue weighted by molar-refractivity contribution is -0.136. The van der Waals surface area contributed by atoms with Crippen LogP contribution >= 0.6 is 0 Å². The van der Waals surface area contributed by atoms with Crippen molar-refractivity contribution < 1.29 is 14.3 Å². The van der Waals surface area contributed by atoms with Crippen molar-refractivity contribution in [2.75, 3.05) is 19.7 Å². The fourth-order valence-electron chi connectivity index (χ4n) is 2.31. The van der Waals surface area contributed by atoms with Crippen LogP contribution in [0.2, 0.25) is 0 Å². The second-order valence-corrected chi connectivity index (χ2v) is 5.55. The Morgan fingerprint density at radius 1 is 1.33 bits per heavy atom. The van der Waals surface area contributed by atoms with Crippen molar-refractivity contribution in [3.05, 3.63) is 0 Å². The third-order valence-electron chi connectivity index (χ3n) is 3.37. The Hall–Kier alpha value is -1.10. The summed E-state index contributed by atoms with van der Waals surface area (Å²) in [5.41, 5.74) is 0. The molecule has 0 aromatic rings. The molecule has 0 spiro atoms. The minimum absolute atomic E-state index is 0.0650. The quantitative estimate of drug-likeness (QED) is 0.728. The van der Waals surface area contributed by atoms with E-state index in [0.717, 1.165) is 25.9 Å². The molecule has 2 rings (SSSR count). The summed E-state index contributed by atoms with van der Waals surface area (Å²) < 4.78 is 4.94. The molecule has 0 aromatic carbocycles. The van der Waals surface area contributed by atoms with Gasteiger partial charge in [0.05, 0.1) is 6.61 Å². The minimum Gasteiger partial charge on any atom is -0.363 e. The van der Waals surface area contributed by atoms with Crippen molar-refractivity contribution >= 4 is 11.8 Å². The van der Waals surface area contributed by atoms with Gasteiger partial charge in [-0.3, -0.25) is 9.59 Å². The van der Waals surface area contributed by atoms with Crippen molar-refractivity contribution in [1.82, 2.24) is 10.2 Å². The summed E-state index contributed by atoms with van der Waals surface area (Å²) in [7, 11) is 0. The molecule has 5 heteroatoms. The Labute approximate surface area is 108 Å². The van der Waals surface area contributed by atoms with Gasteiger partial charge in [-0.1, -0.05) is 13.8 Å². The topological polar surface area (TPSA) is 61.9 Å². The Balaban J connectivity index is 1.93. The molecule has 0 aromatic heterocycles. The molecular formula is C13H22N2O3. The van der Waals surface area contributed by atoms with Gasteiger partial charge in [-0.15, -0.1) is 0 Å². The highest BCUT2D eigenvalue weighted by Gasteiger charge is 2.35. The van der Waals surface area contributed by atoms with Crippen LogP contribution in [0.1, 0.15) is 33.1 Å². The molecule has 18 heavy (non-hydrogen) atoms. The van der Waals surface area contributed by atoms with Crippen LogP contribution in [0.5, 0.6) is 0 Å². The molecule has 2 aliphatic rings. The van der Waals surface area contributed by atoms with Crippen molar-refractivity contribution in [2.24, 2.45) is 5.92 Å². The van der Waals surface area contributed by atoms with Gasteiger partial charge in [0.15, 0.2) is 6.10 Å². The van der Waals surface area contributed by atoms with Gasteiger partial charge in [-0.2, -0.15) is 0 Å². The molecule has 5 nitrogen and oxygen atoms in total. The zero-order valence-corrected chi connectivity index (χ0v) is 11.1. The van der Waals surface area contributed by atoms with Crippen LogP contribution < -0.4 is 5.32 Å². The van der Waals surface area contributed by atoms with Crippen molar-refractivity contribution in [3.8, 4) is 0 Å². The molecule has 2 heterocycles. The van der Waals surface area contributed by atoms with E-state index in [1.807, 2.05) is 4.90 Å². The molecule has 2 atom stereocenters. The number of hydrogen-bond acceptors (Lipinski definition) is 3. The molecule has 0 saturated carbocycles. The van der Waals surface area contributed by atoms with Crippen LogP contribution in [-0.2, 0) is 14.3 Å². The Morgan fingerprint density at radius 2 is 1.94 bits per heavy atom. The molecule has 0 radical (unpaired) electrons. The number of carbonyl (C=O) groups is 2. The molecule has 2 fully saturated rings. The van der Waals surface area contributed by atoms with Crippen LogP contribution in [0.3, 0.4) is 0 Å². The monoisotopic (exact) mass is 254 g/mol. The second-order valence-electron chi connectivity index (χ2n) is 5.55. The summed E-state index contributed by atoms with van der Waals surface area (Å²) in [6.07, 6.45) is 2.50. The molecule has 102 valence electrons. The van der Waals surface area contributed by atoms with Gasteiger partial charge in [-0.05, 0) is 25.2 Å². The van der Waals surface area contributed by atoms with Crippen molar-refractivity contribution in [1.29, 1.82) is 0 Å². The van der Waals surface area contributed by atoms with E-state index in [0.29, 0.717) is 18.9 Å². The predicted molar refractivity (Wildman–Crippen MR) is 66.9 cm³/mol. The molecule has 2 amide bonds. The lowest BCUT2D eigenvalue weighted by atomic mass is 10.0. The third-order valence-corrected chi connectivity index (χ3v) is 3.37. The lowest BCUT2D eigenvalue weighted by Crippen LogP contribution is -2.49. The van der Waals surface area contributed by atoms with E-state index < -0.39 is 0 Å². The number of likely N-dealkylation sites (tertiary alicyclic amines) is 1. The SMILES string of the molecule is CC(C)CC(NC(=O)C1CO1)C(=O)N1CCCC1. The first-order chi connectivity index (χ1) is 8.58. The molecule has 1 N–H and O–H groups in total. The van der Waals surface area contributed by atoms with E-state index in [9.17, 15) is 9.59 Å². The fraction of sp³-hybridized carbons (Fsp3) is 0.846. The first kappa shape index (κ1) is 13.3. The van der Waals surface area contributed by atoms with Gasteiger partial charge in [0, 0.05) is 13.1 Å². The largest absolute Gasteiger partial charge is 0.363 e. The number of nitrogens with zero attached hydrogens (tertiary/aromatic N) is 1. The van der Waals surface area contributed by atoms with Gasteiger partial charge in [-0.25, -0.2) is 0 Å². The second kappa shape index (κ2) is 5.69. The number of nitrogens with one attached hydrogen (secondary N) is 1. The number of rotatable bonds is 5. The predicted octanol–water partition coefficient (Wildman–Crippen LogP) is 0.539. The first-order valence-electron chi connectivity index (χ1n) is 6.78. The maximum atomic E-state index is 12.3. The zero-order valence-electron chi connectivity index (χ0n) is 11.1. The van der Waals surface area contributed by atoms with Crippen LogP contribution in [0, 0.1) is 5.92 Å². The maximum absolute atomic E-state index is 12.3. The summed E-state index contributed by atoms with van der Waals surface area (Å²) in [4.78, 5) is 25.9. The molecule has 0 bridgehead atoms. The van der Waals surface area contributed by atoms with Gasteiger partial charge in [0.1, 0.15) is 6.04 Å². The van der Waals surface area contributed by atoms with Crippen molar-refractivity contribution in [3.63, 3.8) is 0 Å². The number of carbonyl (C=O) groups excluding carboxylic acids is 2. The normalized spacial score (nSPS) is 24.2. The van der Waals surface area contributed by atoms with Crippen LogP contribution in [0.4, 0.5) is 0 Å². The van der Waals surface area contributed by atoms with Crippen molar-refractivity contribution in [2.45, 2.75) is 45.3 Å². The molecule has 2 saturated heterocycles. The Bertz CT molecular complexity index is 320. The van der Waals surface area contributed by atoms with E-state index in [1.54, 1.807) is 0 Å². The van der Waals surface area contributed by atoms with Gasteiger partial charge >= 0.3 is 0 Å². The van der Waals surface area contributed by atoms with E-state index in [4.69, 9.17) is 4.74 Å². The number of amides is 2. The minimum atomic E-state index is -0.389.